The van der Waals surface area contributed by atoms with Crippen molar-refractivity contribution in [3.8, 4) is 5.75 Å². The van der Waals surface area contributed by atoms with E-state index in [9.17, 15) is 14.7 Å². The summed E-state index contributed by atoms with van der Waals surface area (Å²) in [7, 11) is 0. The van der Waals surface area contributed by atoms with E-state index in [1.807, 2.05) is 12.1 Å². The van der Waals surface area contributed by atoms with Crippen molar-refractivity contribution >= 4 is 28.4 Å². The van der Waals surface area contributed by atoms with Gasteiger partial charge in [-0.05, 0) is 24.3 Å². The van der Waals surface area contributed by atoms with Gasteiger partial charge in [-0.25, -0.2) is 9.97 Å². The largest absolute Gasteiger partial charge is 0.507 e. The number of benzene rings is 2. The first-order chi connectivity index (χ1) is 12.1. The minimum absolute atomic E-state index is 0.114. The highest BCUT2D eigenvalue weighted by molar-refractivity contribution is 6.07. The molecule has 6 nitrogen and oxygen atoms in total. The summed E-state index contributed by atoms with van der Waals surface area (Å²) in [6, 6.07) is 13.5. The molecule has 1 aliphatic rings. The standard InChI is InChI=1S/C19H13N3O3/c23-15-8-4-1-5-11(15)19(25)22-14-9-10-16(24)18-17(14)20-12-6-2-3-7-13(12)21-18/h1-9,23H,10H2,(H,22,25). The molecule has 1 heterocycles. The number of para-hydroxylation sites is 3. The maximum absolute atomic E-state index is 12.4. The van der Waals surface area contributed by atoms with Gasteiger partial charge in [0.05, 0.1) is 22.3 Å². The van der Waals surface area contributed by atoms with Crippen LogP contribution in [-0.2, 0) is 0 Å². The molecule has 1 amide bonds. The van der Waals surface area contributed by atoms with Gasteiger partial charge in [0.2, 0.25) is 0 Å². The second kappa shape index (κ2) is 5.83. The van der Waals surface area contributed by atoms with E-state index in [0.717, 1.165) is 0 Å². The van der Waals surface area contributed by atoms with Crippen molar-refractivity contribution in [2.24, 2.45) is 0 Å². The summed E-state index contributed by atoms with van der Waals surface area (Å²) in [5.41, 5.74) is 2.42. The number of Topliss-reactive ketones (excluding diaryl/α,β-unsaturated/α-hetero) is 1. The molecule has 6 heteroatoms. The number of fused-ring (bicyclic) bond motifs is 2. The number of phenolic OH excluding ortho intramolecular Hbond substituents is 1. The SMILES string of the molecule is O=C(NC1=CCC(=O)c2nc3ccccc3nc21)c1ccccc1O. The van der Waals surface area contributed by atoms with Crippen molar-refractivity contribution in [1.82, 2.24) is 15.3 Å². The topological polar surface area (TPSA) is 92.2 Å². The lowest BCUT2D eigenvalue weighted by molar-refractivity contribution is 0.0961. The Bertz CT molecular complexity index is 1060. The highest BCUT2D eigenvalue weighted by Gasteiger charge is 2.25. The molecule has 122 valence electrons. The normalized spacial score (nSPS) is 13.3. The third kappa shape index (κ3) is 2.63. The average Bonchev–Trinajstić information content (AvgIpc) is 2.63. The van der Waals surface area contributed by atoms with E-state index in [1.165, 1.54) is 12.1 Å². The van der Waals surface area contributed by atoms with Gasteiger partial charge < -0.3 is 10.4 Å². The van der Waals surface area contributed by atoms with Gasteiger partial charge in [-0.15, -0.1) is 0 Å². The van der Waals surface area contributed by atoms with Crippen molar-refractivity contribution in [3.63, 3.8) is 0 Å². The zero-order valence-electron chi connectivity index (χ0n) is 13.1. The van der Waals surface area contributed by atoms with Crippen LogP contribution < -0.4 is 5.32 Å². The molecule has 0 aliphatic heterocycles. The summed E-state index contributed by atoms with van der Waals surface area (Å²) in [5, 5.41) is 12.6. The first-order valence-corrected chi connectivity index (χ1v) is 7.73. The molecule has 0 saturated carbocycles. The highest BCUT2D eigenvalue weighted by atomic mass is 16.3. The Labute approximate surface area is 142 Å². The molecule has 0 fully saturated rings. The number of phenols is 1. The number of aromatic nitrogens is 2. The van der Waals surface area contributed by atoms with Crippen molar-refractivity contribution in [2.45, 2.75) is 6.42 Å². The van der Waals surface area contributed by atoms with Gasteiger partial charge >= 0.3 is 0 Å². The summed E-state index contributed by atoms with van der Waals surface area (Å²) >= 11 is 0. The lowest BCUT2D eigenvalue weighted by atomic mass is 10.0. The number of rotatable bonds is 2. The van der Waals surface area contributed by atoms with Crippen LogP contribution in [0.3, 0.4) is 0 Å². The van der Waals surface area contributed by atoms with Crippen LogP contribution in [0.15, 0.2) is 54.6 Å². The number of amides is 1. The fourth-order valence-corrected chi connectivity index (χ4v) is 2.74. The molecule has 0 spiro atoms. The average molecular weight is 331 g/mol. The minimum atomic E-state index is -0.473. The Hall–Kier alpha value is -3.54. The second-order valence-corrected chi connectivity index (χ2v) is 5.63. The molecule has 4 rings (SSSR count). The number of hydrogen-bond donors (Lipinski definition) is 2. The first-order valence-electron chi connectivity index (χ1n) is 7.73. The van der Waals surface area contributed by atoms with Crippen LogP contribution in [0.2, 0.25) is 0 Å². The van der Waals surface area contributed by atoms with Gasteiger partial charge in [0.1, 0.15) is 17.1 Å². The zero-order valence-corrected chi connectivity index (χ0v) is 13.1. The van der Waals surface area contributed by atoms with Crippen molar-refractivity contribution in [2.75, 3.05) is 0 Å². The van der Waals surface area contributed by atoms with Crippen molar-refractivity contribution in [1.29, 1.82) is 0 Å². The number of carbonyl (C=O) groups excluding carboxylic acids is 2. The molecule has 0 saturated heterocycles. The van der Waals surface area contributed by atoms with E-state index in [4.69, 9.17) is 0 Å². The minimum Gasteiger partial charge on any atom is -0.507 e. The molecule has 1 aromatic heterocycles. The molecule has 0 bridgehead atoms. The van der Waals surface area contributed by atoms with E-state index in [-0.39, 0.29) is 29.2 Å². The van der Waals surface area contributed by atoms with Crippen LogP contribution in [0.5, 0.6) is 5.75 Å². The Morgan fingerprint density at radius 1 is 0.960 bits per heavy atom. The number of nitrogens with zero attached hydrogens (tertiary/aromatic N) is 2. The maximum atomic E-state index is 12.4. The molecular formula is C19H13N3O3. The Kier molecular flexibility index (Phi) is 3.50. The van der Waals surface area contributed by atoms with Crippen LogP contribution >= 0.6 is 0 Å². The zero-order chi connectivity index (χ0) is 17.4. The quantitative estimate of drug-likeness (QED) is 0.753. The predicted molar refractivity (Wildman–Crippen MR) is 92.0 cm³/mol. The molecule has 0 atom stereocenters. The molecule has 1 aliphatic carbocycles. The van der Waals surface area contributed by atoms with E-state index in [0.29, 0.717) is 22.4 Å². The molecule has 2 N–H and O–H groups in total. The molecule has 2 aromatic carbocycles. The van der Waals surface area contributed by atoms with Crippen molar-refractivity contribution < 1.29 is 14.7 Å². The summed E-state index contributed by atoms with van der Waals surface area (Å²) in [5.74, 6) is -0.731. The van der Waals surface area contributed by atoms with Crippen LogP contribution in [0.4, 0.5) is 0 Å². The number of nitrogens with one attached hydrogen (secondary N) is 1. The van der Waals surface area contributed by atoms with Crippen LogP contribution in [0.1, 0.15) is 33.0 Å². The van der Waals surface area contributed by atoms with Gasteiger partial charge in [-0.1, -0.05) is 30.3 Å². The van der Waals surface area contributed by atoms with Gasteiger partial charge in [-0.2, -0.15) is 0 Å². The lowest BCUT2D eigenvalue weighted by Gasteiger charge is -2.17. The van der Waals surface area contributed by atoms with E-state index in [1.54, 1.807) is 30.3 Å². The first kappa shape index (κ1) is 15.0. The third-order valence-electron chi connectivity index (χ3n) is 3.98. The van der Waals surface area contributed by atoms with Crippen LogP contribution in [0.25, 0.3) is 16.7 Å². The number of carbonyl (C=O) groups is 2. The molecule has 25 heavy (non-hydrogen) atoms. The second-order valence-electron chi connectivity index (χ2n) is 5.63. The van der Waals surface area contributed by atoms with E-state index >= 15 is 0 Å². The third-order valence-corrected chi connectivity index (χ3v) is 3.98. The number of aromatic hydroxyl groups is 1. The molecule has 3 aromatic rings. The Balaban J connectivity index is 1.75. The van der Waals surface area contributed by atoms with Gasteiger partial charge in [-0.3, -0.25) is 9.59 Å². The summed E-state index contributed by atoms with van der Waals surface area (Å²) < 4.78 is 0. The van der Waals surface area contributed by atoms with Crippen molar-refractivity contribution in [3.05, 3.63) is 71.6 Å². The van der Waals surface area contributed by atoms with Gasteiger partial charge in [0, 0.05) is 6.42 Å². The molecule has 0 radical (unpaired) electrons. The molecule has 0 unspecified atom stereocenters. The Morgan fingerprint density at radius 3 is 2.32 bits per heavy atom. The molecular weight excluding hydrogens is 318 g/mol. The van der Waals surface area contributed by atoms with Crippen LogP contribution in [0, 0.1) is 0 Å². The van der Waals surface area contributed by atoms with Gasteiger partial charge in [0.25, 0.3) is 5.91 Å². The number of hydrogen-bond acceptors (Lipinski definition) is 5. The predicted octanol–water partition coefficient (Wildman–Crippen LogP) is 2.69. The Morgan fingerprint density at radius 2 is 1.60 bits per heavy atom. The van der Waals surface area contributed by atoms with E-state index in [2.05, 4.69) is 15.3 Å². The fraction of sp³-hybridized carbons (Fsp3) is 0.0526. The van der Waals surface area contributed by atoms with Gasteiger partial charge in [0.15, 0.2) is 5.78 Å². The number of allylic oxidation sites excluding steroid dienone is 1. The number of ketones is 1. The monoisotopic (exact) mass is 331 g/mol. The van der Waals surface area contributed by atoms with Crippen LogP contribution in [-0.4, -0.2) is 26.8 Å². The summed E-state index contributed by atoms with van der Waals surface area (Å²) in [6.45, 7) is 0. The fourth-order valence-electron chi connectivity index (χ4n) is 2.74. The summed E-state index contributed by atoms with van der Waals surface area (Å²) in [6.07, 6.45) is 1.75. The lowest BCUT2D eigenvalue weighted by Crippen LogP contribution is -2.26. The highest BCUT2D eigenvalue weighted by Crippen LogP contribution is 2.25. The summed E-state index contributed by atoms with van der Waals surface area (Å²) in [4.78, 5) is 33.5. The smallest absolute Gasteiger partial charge is 0.259 e. The maximum Gasteiger partial charge on any atom is 0.259 e. The van der Waals surface area contributed by atoms with E-state index < -0.39 is 5.91 Å².